The Labute approximate surface area is 61.1 Å². The van der Waals surface area contributed by atoms with Gasteiger partial charge in [-0.1, -0.05) is 6.08 Å². The van der Waals surface area contributed by atoms with Gasteiger partial charge in [-0.05, 0) is 37.7 Å². The van der Waals surface area contributed by atoms with Crippen LogP contribution in [0.2, 0.25) is 0 Å². The van der Waals surface area contributed by atoms with Crippen molar-refractivity contribution in [1.29, 1.82) is 0 Å². The minimum absolute atomic E-state index is 0.435. The van der Waals surface area contributed by atoms with Gasteiger partial charge in [0, 0.05) is 5.92 Å². The maximum absolute atomic E-state index is 11.3. The van der Waals surface area contributed by atoms with Crippen LogP contribution in [0, 0.1) is 5.92 Å². The molecule has 0 radical (unpaired) electrons. The molecule has 0 heterocycles. The normalized spacial score (nSPS) is 24.6. The summed E-state index contributed by atoms with van der Waals surface area (Å²) in [5.74, 6) is 0.891. The molecule has 0 N–H and O–H groups in total. The zero-order valence-corrected chi connectivity index (χ0v) is 6.10. The molecule has 0 unspecified atom stereocenters. The monoisotopic (exact) mass is 136 g/mol. The molecule has 0 saturated heterocycles. The van der Waals surface area contributed by atoms with E-state index in [0.717, 1.165) is 31.3 Å². The van der Waals surface area contributed by atoms with Gasteiger partial charge in [-0.2, -0.15) is 0 Å². The van der Waals surface area contributed by atoms with Gasteiger partial charge >= 0.3 is 0 Å². The Bertz CT molecular complexity index is 187. The zero-order valence-electron chi connectivity index (χ0n) is 6.10. The molecule has 1 heteroatoms. The molecule has 2 aliphatic carbocycles. The van der Waals surface area contributed by atoms with Gasteiger partial charge in [0.25, 0.3) is 0 Å². The number of rotatable bonds is 2. The molecule has 2 aliphatic rings. The van der Waals surface area contributed by atoms with Crippen molar-refractivity contribution in [1.82, 2.24) is 0 Å². The van der Waals surface area contributed by atoms with E-state index >= 15 is 0 Å². The first kappa shape index (κ1) is 6.14. The highest BCUT2D eigenvalue weighted by Crippen LogP contribution is 2.34. The van der Waals surface area contributed by atoms with E-state index in [4.69, 9.17) is 0 Å². The Morgan fingerprint density at radius 2 is 2.30 bits per heavy atom. The number of allylic oxidation sites excluding steroid dienone is 2. The summed E-state index contributed by atoms with van der Waals surface area (Å²) < 4.78 is 0. The van der Waals surface area contributed by atoms with E-state index in [-0.39, 0.29) is 0 Å². The first-order valence-corrected chi connectivity index (χ1v) is 4.11. The van der Waals surface area contributed by atoms with Crippen LogP contribution in [0.25, 0.3) is 0 Å². The van der Waals surface area contributed by atoms with Gasteiger partial charge in [0.15, 0.2) is 5.78 Å². The lowest BCUT2D eigenvalue weighted by Crippen LogP contribution is -2.01. The highest BCUT2D eigenvalue weighted by Gasteiger charge is 2.31. The molecule has 1 fully saturated rings. The average Bonchev–Trinajstić information content (AvgIpc) is 2.65. The van der Waals surface area contributed by atoms with Crippen molar-refractivity contribution >= 4 is 5.78 Å². The highest BCUT2D eigenvalue weighted by molar-refractivity contribution is 5.98. The van der Waals surface area contributed by atoms with Crippen molar-refractivity contribution in [3.63, 3.8) is 0 Å². The lowest BCUT2D eigenvalue weighted by molar-refractivity contribution is -0.116. The number of carbonyl (C=O) groups is 1. The topological polar surface area (TPSA) is 17.1 Å². The minimum atomic E-state index is 0.435. The largest absolute Gasteiger partial charge is 0.294 e. The van der Waals surface area contributed by atoms with Gasteiger partial charge in [0.1, 0.15) is 0 Å². The first-order valence-electron chi connectivity index (χ1n) is 4.11. The summed E-state index contributed by atoms with van der Waals surface area (Å²) in [6.07, 6.45) is 7.81. The first-order chi connectivity index (χ1) is 4.88. The van der Waals surface area contributed by atoms with Crippen LogP contribution in [0.3, 0.4) is 0 Å². The van der Waals surface area contributed by atoms with Gasteiger partial charge < -0.3 is 0 Å². The smallest absolute Gasteiger partial charge is 0.161 e. The molecule has 0 amide bonds. The van der Waals surface area contributed by atoms with Crippen LogP contribution in [-0.2, 0) is 4.79 Å². The van der Waals surface area contributed by atoms with Crippen molar-refractivity contribution in [2.24, 2.45) is 5.92 Å². The Kier molecular flexibility index (Phi) is 1.37. The van der Waals surface area contributed by atoms with Crippen molar-refractivity contribution < 1.29 is 4.79 Å². The third-order valence-electron chi connectivity index (χ3n) is 2.31. The highest BCUT2D eigenvalue weighted by atomic mass is 16.1. The van der Waals surface area contributed by atoms with Crippen LogP contribution in [0.15, 0.2) is 11.6 Å². The molecule has 1 saturated carbocycles. The second-order valence-electron chi connectivity index (χ2n) is 3.26. The predicted octanol–water partition coefficient (Wildman–Crippen LogP) is 2.08. The molecule has 0 aliphatic heterocycles. The number of ketones is 1. The summed E-state index contributed by atoms with van der Waals surface area (Å²) in [4.78, 5) is 11.3. The van der Waals surface area contributed by atoms with Crippen LogP contribution in [0.5, 0.6) is 0 Å². The average molecular weight is 136 g/mol. The summed E-state index contributed by atoms with van der Waals surface area (Å²) in [6, 6.07) is 0. The molecule has 10 heavy (non-hydrogen) atoms. The second-order valence-corrected chi connectivity index (χ2v) is 3.26. The molecular weight excluding hydrogens is 124 g/mol. The fourth-order valence-corrected chi connectivity index (χ4v) is 1.50. The maximum atomic E-state index is 11.3. The van der Waals surface area contributed by atoms with Crippen LogP contribution >= 0.6 is 0 Å². The Balaban J connectivity index is 2.02. The fourth-order valence-electron chi connectivity index (χ4n) is 1.50. The quantitative estimate of drug-likeness (QED) is 0.568. The summed E-state index contributed by atoms with van der Waals surface area (Å²) in [5.41, 5.74) is 1.13. The van der Waals surface area contributed by atoms with Crippen LogP contribution < -0.4 is 0 Å². The molecule has 0 aromatic heterocycles. The Morgan fingerprint density at radius 1 is 1.50 bits per heavy atom. The maximum Gasteiger partial charge on any atom is 0.161 e. The second kappa shape index (κ2) is 2.22. The zero-order chi connectivity index (χ0) is 6.97. The Hall–Kier alpha value is -0.590. The van der Waals surface area contributed by atoms with Crippen molar-refractivity contribution in [2.75, 3.05) is 0 Å². The summed E-state index contributed by atoms with van der Waals surface area (Å²) in [7, 11) is 0. The number of hydrogen-bond donors (Lipinski definition) is 0. The third-order valence-corrected chi connectivity index (χ3v) is 2.31. The van der Waals surface area contributed by atoms with Crippen LogP contribution in [0.1, 0.15) is 32.1 Å². The van der Waals surface area contributed by atoms with E-state index in [1.165, 1.54) is 6.42 Å². The number of hydrogen-bond acceptors (Lipinski definition) is 1. The minimum Gasteiger partial charge on any atom is -0.294 e. The molecule has 0 aromatic carbocycles. The SMILES string of the molecule is O=C(C1=CCCC1)C1CC1. The molecule has 0 bridgehead atoms. The Morgan fingerprint density at radius 3 is 2.80 bits per heavy atom. The van der Waals surface area contributed by atoms with E-state index in [1.807, 2.05) is 0 Å². The molecule has 54 valence electrons. The van der Waals surface area contributed by atoms with E-state index in [0.29, 0.717) is 11.7 Å². The molecule has 0 aromatic rings. The number of Topliss-reactive ketones (excluding diaryl/α,β-unsaturated/α-hetero) is 1. The van der Waals surface area contributed by atoms with E-state index in [9.17, 15) is 4.79 Å². The van der Waals surface area contributed by atoms with Crippen LogP contribution in [0.4, 0.5) is 0 Å². The third kappa shape index (κ3) is 1.00. The summed E-state index contributed by atoms with van der Waals surface area (Å²) in [6.45, 7) is 0. The van der Waals surface area contributed by atoms with Gasteiger partial charge in [0.2, 0.25) is 0 Å². The van der Waals surface area contributed by atoms with Crippen molar-refractivity contribution in [2.45, 2.75) is 32.1 Å². The van der Waals surface area contributed by atoms with Crippen molar-refractivity contribution in [3.05, 3.63) is 11.6 Å². The van der Waals surface area contributed by atoms with E-state index in [2.05, 4.69) is 6.08 Å². The van der Waals surface area contributed by atoms with Crippen molar-refractivity contribution in [3.8, 4) is 0 Å². The number of carbonyl (C=O) groups excluding carboxylic acids is 1. The van der Waals surface area contributed by atoms with Gasteiger partial charge in [0.05, 0.1) is 0 Å². The fraction of sp³-hybridized carbons (Fsp3) is 0.667. The van der Waals surface area contributed by atoms with E-state index in [1.54, 1.807) is 0 Å². The molecule has 1 nitrogen and oxygen atoms in total. The van der Waals surface area contributed by atoms with Gasteiger partial charge in [-0.25, -0.2) is 0 Å². The van der Waals surface area contributed by atoms with Crippen LogP contribution in [-0.4, -0.2) is 5.78 Å². The van der Waals surface area contributed by atoms with Gasteiger partial charge in [-0.15, -0.1) is 0 Å². The lowest BCUT2D eigenvalue weighted by atomic mass is 10.1. The van der Waals surface area contributed by atoms with Gasteiger partial charge in [-0.3, -0.25) is 4.79 Å². The summed E-state index contributed by atoms with van der Waals surface area (Å²) in [5, 5.41) is 0. The lowest BCUT2D eigenvalue weighted by Gasteiger charge is -1.95. The van der Waals surface area contributed by atoms with E-state index < -0.39 is 0 Å². The standard InChI is InChI=1S/C9H12O/c10-9(8-5-6-8)7-3-1-2-4-7/h3,8H,1-2,4-6H2. The molecular formula is C9H12O. The molecule has 0 atom stereocenters. The predicted molar refractivity (Wildman–Crippen MR) is 39.7 cm³/mol. The molecule has 2 rings (SSSR count). The summed E-state index contributed by atoms with van der Waals surface area (Å²) >= 11 is 0. The molecule has 0 spiro atoms.